The second-order valence-electron chi connectivity index (χ2n) is 6.54. The second kappa shape index (κ2) is 4.08. The van der Waals surface area contributed by atoms with Crippen LogP contribution in [-0.2, 0) is 9.53 Å². The third-order valence-electron chi connectivity index (χ3n) is 4.00. The Bertz CT molecular complexity index is 419. The molecule has 0 aromatic heterocycles. The van der Waals surface area contributed by atoms with Gasteiger partial charge >= 0.3 is 12.1 Å². The molecule has 0 radical (unpaired) electrons. The van der Waals surface area contributed by atoms with Crippen LogP contribution in [0, 0.1) is 5.41 Å². The van der Waals surface area contributed by atoms with Gasteiger partial charge in [-0.25, -0.2) is 9.18 Å². The number of aliphatic carboxylic acids is 1. The fourth-order valence-corrected chi connectivity index (χ4v) is 3.09. The molecule has 0 unspecified atom stereocenters. The number of ether oxygens (including phenoxy) is 1. The molecule has 1 aliphatic heterocycles. The maximum absolute atomic E-state index is 14.8. The number of halogens is 1. The monoisotopic (exact) mass is 273 g/mol. The van der Waals surface area contributed by atoms with Gasteiger partial charge in [0.25, 0.3) is 0 Å². The molecule has 108 valence electrons. The average molecular weight is 273 g/mol. The molecular formula is C13H20FNO4. The predicted octanol–water partition coefficient (Wildman–Crippen LogP) is 2.20. The van der Waals surface area contributed by atoms with Crippen molar-refractivity contribution in [1.82, 2.24) is 4.90 Å². The number of carboxylic acid groups (broad SMARTS) is 1. The van der Waals surface area contributed by atoms with Crippen molar-refractivity contribution in [3.8, 4) is 0 Å². The number of carbonyl (C=O) groups excluding carboxylic acids is 1. The molecule has 0 bridgehead atoms. The summed E-state index contributed by atoms with van der Waals surface area (Å²) in [5.74, 6) is -1.15. The number of fused-ring (bicyclic) bond motifs is 1. The smallest absolute Gasteiger partial charge is 0.410 e. The summed E-state index contributed by atoms with van der Waals surface area (Å²) < 4.78 is 20.0. The Hall–Kier alpha value is -1.33. The molecule has 0 aromatic rings. The van der Waals surface area contributed by atoms with Crippen LogP contribution in [0.25, 0.3) is 0 Å². The van der Waals surface area contributed by atoms with E-state index in [0.29, 0.717) is 6.42 Å². The van der Waals surface area contributed by atoms with Crippen LogP contribution in [0.15, 0.2) is 0 Å². The Morgan fingerprint density at radius 1 is 1.26 bits per heavy atom. The van der Waals surface area contributed by atoms with E-state index in [9.17, 15) is 19.1 Å². The molecule has 1 amide bonds. The van der Waals surface area contributed by atoms with E-state index in [0.717, 1.165) is 0 Å². The highest BCUT2D eigenvalue weighted by atomic mass is 19.1. The molecule has 19 heavy (non-hydrogen) atoms. The molecule has 0 aromatic carbocycles. The van der Waals surface area contributed by atoms with Crippen molar-refractivity contribution in [2.45, 2.75) is 51.3 Å². The van der Waals surface area contributed by atoms with Gasteiger partial charge in [0, 0.05) is 6.54 Å². The number of amides is 1. The average Bonchev–Trinajstić information content (AvgIpc) is 2.66. The number of carboxylic acids is 1. The highest BCUT2D eigenvalue weighted by molar-refractivity contribution is 5.80. The number of hydrogen-bond donors (Lipinski definition) is 1. The first-order chi connectivity index (χ1) is 8.60. The lowest BCUT2D eigenvalue weighted by Crippen LogP contribution is -2.45. The number of rotatable bonds is 1. The van der Waals surface area contributed by atoms with Gasteiger partial charge in [-0.2, -0.15) is 0 Å². The minimum Gasteiger partial charge on any atom is -0.481 e. The first kappa shape index (κ1) is 14.1. The van der Waals surface area contributed by atoms with Gasteiger partial charge in [0.15, 0.2) is 0 Å². The molecular weight excluding hydrogens is 253 g/mol. The van der Waals surface area contributed by atoms with Gasteiger partial charge in [0.05, 0.1) is 6.54 Å². The van der Waals surface area contributed by atoms with Crippen LogP contribution >= 0.6 is 0 Å². The van der Waals surface area contributed by atoms with Crippen LogP contribution in [0.2, 0.25) is 0 Å². The standard InChI is InChI=1S/C13H20FNO4/c1-11(2,3)19-10(18)15-7-12(9(16)17)5-4-6-13(12,14)8-15/h4-8H2,1-3H3,(H,16,17)/t12-,13-/m0/s1. The third kappa shape index (κ3) is 2.17. The summed E-state index contributed by atoms with van der Waals surface area (Å²) in [5.41, 5.74) is -3.95. The van der Waals surface area contributed by atoms with Crippen LogP contribution in [0.3, 0.4) is 0 Å². The zero-order valence-corrected chi connectivity index (χ0v) is 11.5. The van der Waals surface area contributed by atoms with E-state index < -0.39 is 28.7 Å². The molecule has 2 rings (SSSR count). The van der Waals surface area contributed by atoms with Crippen molar-refractivity contribution >= 4 is 12.1 Å². The fourth-order valence-electron chi connectivity index (χ4n) is 3.09. The lowest BCUT2D eigenvalue weighted by Gasteiger charge is -2.27. The van der Waals surface area contributed by atoms with Crippen LogP contribution in [0.4, 0.5) is 9.18 Å². The number of likely N-dealkylation sites (tertiary alicyclic amines) is 1. The highest BCUT2D eigenvalue weighted by Crippen LogP contribution is 2.54. The lowest BCUT2D eigenvalue weighted by atomic mass is 9.78. The summed E-state index contributed by atoms with van der Waals surface area (Å²) in [6, 6.07) is 0. The summed E-state index contributed by atoms with van der Waals surface area (Å²) in [6.07, 6.45) is 0.376. The van der Waals surface area contributed by atoms with Gasteiger partial charge in [-0.15, -0.1) is 0 Å². The van der Waals surface area contributed by atoms with E-state index in [1.165, 1.54) is 4.90 Å². The quantitative estimate of drug-likeness (QED) is 0.795. The minimum absolute atomic E-state index is 0.103. The number of hydrogen-bond acceptors (Lipinski definition) is 3. The Balaban J connectivity index is 2.18. The van der Waals surface area contributed by atoms with E-state index >= 15 is 0 Å². The summed E-state index contributed by atoms with van der Waals surface area (Å²) >= 11 is 0. The van der Waals surface area contributed by atoms with E-state index in [1.54, 1.807) is 20.8 Å². The summed E-state index contributed by atoms with van der Waals surface area (Å²) in [5, 5.41) is 9.35. The highest BCUT2D eigenvalue weighted by Gasteiger charge is 2.67. The van der Waals surface area contributed by atoms with E-state index in [2.05, 4.69) is 0 Å². The zero-order chi connectivity index (χ0) is 14.5. The topological polar surface area (TPSA) is 66.8 Å². The van der Waals surface area contributed by atoms with Crippen molar-refractivity contribution < 1.29 is 23.8 Å². The van der Waals surface area contributed by atoms with Crippen LogP contribution in [0.1, 0.15) is 40.0 Å². The van der Waals surface area contributed by atoms with Crippen LogP contribution < -0.4 is 0 Å². The molecule has 5 nitrogen and oxygen atoms in total. The van der Waals surface area contributed by atoms with Crippen molar-refractivity contribution in [3.63, 3.8) is 0 Å². The zero-order valence-electron chi connectivity index (χ0n) is 11.5. The minimum atomic E-state index is -1.82. The Labute approximate surface area is 111 Å². The van der Waals surface area contributed by atoms with Crippen LogP contribution in [-0.4, -0.2) is 46.4 Å². The van der Waals surface area contributed by atoms with Gasteiger partial charge in [-0.3, -0.25) is 4.79 Å². The summed E-state index contributed by atoms with van der Waals surface area (Å²) in [6.45, 7) is 4.88. The molecule has 1 heterocycles. The lowest BCUT2D eigenvalue weighted by molar-refractivity contribution is -0.153. The van der Waals surface area contributed by atoms with E-state index in [-0.39, 0.29) is 25.9 Å². The first-order valence-electron chi connectivity index (χ1n) is 6.50. The first-order valence-corrected chi connectivity index (χ1v) is 6.50. The predicted molar refractivity (Wildman–Crippen MR) is 65.6 cm³/mol. The second-order valence-corrected chi connectivity index (χ2v) is 6.54. The van der Waals surface area contributed by atoms with Gasteiger partial charge in [0.2, 0.25) is 0 Å². The van der Waals surface area contributed by atoms with Crippen LogP contribution in [0.5, 0.6) is 0 Å². The Morgan fingerprint density at radius 3 is 2.37 bits per heavy atom. The largest absolute Gasteiger partial charge is 0.481 e. The molecule has 1 saturated carbocycles. The molecule has 2 aliphatic rings. The maximum atomic E-state index is 14.8. The Morgan fingerprint density at radius 2 is 1.89 bits per heavy atom. The van der Waals surface area contributed by atoms with Crippen molar-refractivity contribution in [2.24, 2.45) is 5.41 Å². The molecule has 1 aliphatic carbocycles. The molecule has 6 heteroatoms. The van der Waals surface area contributed by atoms with Gasteiger partial charge in [-0.1, -0.05) is 0 Å². The number of nitrogens with zero attached hydrogens (tertiary/aromatic N) is 1. The maximum Gasteiger partial charge on any atom is 0.410 e. The molecule has 1 saturated heterocycles. The number of carbonyl (C=O) groups is 2. The SMILES string of the molecule is CC(C)(C)OC(=O)N1C[C@@]2(F)CCC[C@@]2(C(=O)O)C1. The van der Waals surface area contributed by atoms with Gasteiger partial charge < -0.3 is 14.7 Å². The molecule has 2 fully saturated rings. The number of alkyl halides is 1. The Kier molecular flexibility index (Phi) is 3.03. The molecule has 2 atom stereocenters. The summed E-state index contributed by atoms with van der Waals surface area (Å²) in [7, 11) is 0. The normalized spacial score (nSPS) is 34.2. The van der Waals surface area contributed by atoms with Crippen molar-refractivity contribution in [2.75, 3.05) is 13.1 Å². The van der Waals surface area contributed by atoms with E-state index in [1.807, 2.05) is 0 Å². The fraction of sp³-hybridized carbons (Fsp3) is 0.846. The van der Waals surface area contributed by atoms with Crippen molar-refractivity contribution in [1.29, 1.82) is 0 Å². The third-order valence-corrected chi connectivity index (χ3v) is 4.00. The van der Waals surface area contributed by atoms with Crippen molar-refractivity contribution in [3.05, 3.63) is 0 Å². The molecule has 0 spiro atoms. The van der Waals surface area contributed by atoms with Gasteiger partial charge in [-0.05, 0) is 40.0 Å². The van der Waals surface area contributed by atoms with Gasteiger partial charge in [0.1, 0.15) is 16.7 Å². The van der Waals surface area contributed by atoms with E-state index in [4.69, 9.17) is 4.74 Å². The summed E-state index contributed by atoms with van der Waals surface area (Å²) in [4.78, 5) is 24.6. The molecule has 1 N–H and O–H groups in total.